The van der Waals surface area contributed by atoms with Crippen LogP contribution < -0.4 is 10.6 Å². The Morgan fingerprint density at radius 2 is 1.58 bits per heavy atom. The molecule has 0 saturated carbocycles. The van der Waals surface area contributed by atoms with Crippen LogP contribution in [0.1, 0.15) is 6.42 Å². The first kappa shape index (κ1) is 14.2. The number of ether oxygens (including phenoxy) is 1. The number of nitrogens with one attached hydrogen (secondary N) is 2. The number of likely N-dealkylation sites (N-methyl/N-ethyl adjacent to an activating group) is 1. The summed E-state index contributed by atoms with van der Waals surface area (Å²) < 4.78 is 5.27. The van der Waals surface area contributed by atoms with Crippen molar-refractivity contribution in [2.45, 2.75) is 6.42 Å². The summed E-state index contributed by atoms with van der Waals surface area (Å²) in [5.74, 6) is 0. The quantitative estimate of drug-likeness (QED) is 0.439. The van der Waals surface area contributed by atoms with Gasteiger partial charge in [0.1, 0.15) is 0 Å². The largest absolute Gasteiger partial charge is 0.380 e. The molecule has 0 spiro atoms. The van der Waals surface area contributed by atoms with Crippen molar-refractivity contribution in [3.8, 4) is 0 Å². The molecule has 0 saturated heterocycles. The third-order valence-electron chi connectivity index (χ3n) is 1.21. The molecule has 0 fully saturated rings. The maximum absolute atomic E-state index is 5.27. The zero-order valence-electron chi connectivity index (χ0n) is 8.36. The molecule has 12 heavy (non-hydrogen) atoms. The van der Waals surface area contributed by atoms with Gasteiger partial charge >= 0.3 is 0 Å². The van der Waals surface area contributed by atoms with Crippen LogP contribution in [0.2, 0.25) is 0 Å². The first-order valence-corrected chi connectivity index (χ1v) is 4.28. The monoisotopic (exact) mass is 174 g/mol. The molecule has 0 bridgehead atoms. The molecule has 0 atom stereocenters. The van der Waals surface area contributed by atoms with E-state index in [1.807, 2.05) is 14.1 Å². The minimum absolute atomic E-state index is 0.820. The summed E-state index contributed by atoms with van der Waals surface area (Å²) in [5.41, 5.74) is 0. The van der Waals surface area contributed by atoms with Gasteiger partial charge in [-0.15, -0.1) is 13.2 Å². The highest BCUT2D eigenvalue weighted by atomic mass is 16.5. The molecular formula is C9H22N2O. The van der Waals surface area contributed by atoms with Crippen LogP contribution in [-0.4, -0.2) is 40.4 Å². The van der Waals surface area contributed by atoms with E-state index in [2.05, 4.69) is 23.8 Å². The van der Waals surface area contributed by atoms with Crippen molar-refractivity contribution in [3.63, 3.8) is 0 Å². The molecule has 0 aromatic heterocycles. The van der Waals surface area contributed by atoms with Gasteiger partial charge in [-0.3, -0.25) is 0 Å². The Balaban J connectivity index is 0. The highest BCUT2D eigenvalue weighted by molar-refractivity contribution is 4.40. The number of hydrogen-bond acceptors (Lipinski definition) is 3. The third kappa shape index (κ3) is 16.3. The fourth-order valence-electron chi connectivity index (χ4n) is 0.627. The number of hydrogen-bond donors (Lipinski definition) is 2. The van der Waals surface area contributed by atoms with Gasteiger partial charge in [0.25, 0.3) is 0 Å². The summed E-state index contributed by atoms with van der Waals surface area (Å²) >= 11 is 0. The Morgan fingerprint density at radius 3 is 2.08 bits per heavy atom. The average Bonchev–Trinajstić information content (AvgIpc) is 2.15. The van der Waals surface area contributed by atoms with Gasteiger partial charge in [-0.05, 0) is 27.1 Å². The summed E-state index contributed by atoms with van der Waals surface area (Å²) in [6.07, 6.45) is 1.10. The van der Waals surface area contributed by atoms with E-state index in [1.54, 1.807) is 0 Å². The maximum Gasteiger partial charge on any atom is 0.0590 e. The van der Waals surface area contributed by atoms with E-state index in [0.29, 0.717) is 0 Å². The van der Waals surface area contributed by atoms with Gasteiger partial charge in [0.2, 0.25) is 0 Å². The smallest absolute Gasteiger partial charge is 0.0590 e. The Kier molecular flexibility index (Phi) is 20.0. The Labute approximate surface area is 76.2 Å². The van der Waals surface area contributed by atoms with Gasteiger partial charge in [-0.25, -0.2) is 0 Å². The predicted molar refractivity (Wildman–Crippen MR) is 54.5 cm³/mol. The van der Waals surface area contributed by atoms with Crippen molar-refractivity contribution >= 4 is 0 Å². The maximum atomic E-state index is 5.27. The van der Waals surface area contributed by atoms with Crippen LogP contribution >= 0.6 is 0 Å². The molecule has 0 amide bonds. The van der Waals surface area contributed by atoms with E-state index in [4.69, 9.17) is 4.74 Å². The molecule has 3 nitrogen and oxygen atoms in total. The second-order valence-electron chi connectivity index (χ2n) is 2.17. The van der Waals surface area contributed by atoms with E-state index in [-0.39, 0.29) is 0 Å². The van der Waals surface area contributed by atoms with Crippen LogP contribution in [0.5, 0.6) is 0 Å². The molecule has 0 unspecified atom stereocenters. The minimum atomic E-state index is 0.820. The normalized spacial score (nSPS) is 8.83. The van der Waals surface area contributed by atoms with Crippen LogP contribution in [-0.2, 0) is 4.74 Å². The van der Waals surface area contributed by atoms with Crippen LogP contribution in [0.25, 0.3) is 0 Å². The summed E-state index contributed by atoms with van der Waals surface area (Å²) in [7, 11) is 3.88. The first-order valence-electron chi connectivity index (χ1n) is 4.28. The van der Waals surface area contributed by atoms with Crippen molar-refractivity contribution in [2.75, 3.05) is 40.4 Å². The highest BCUT2D eigenvalue weighted by Crippen LogP contribution is 1.78. The lowest BCUT2D eigenvalue weighted by molar-refractivity contribution is 0.135. The molecule has 0 rings (SSSR count). The SMILES string of the molecule is C=C.CNCCCOCCNC. The van der Waals surface area contributed by atoms with Crippen LogP contribution in [0.15, 0.2) is 13.2 Å². The van der Waals surface area contributed by atoms with Gasteiger partial charge < -0.3 is 15.4 Å². The summed E-state index contributed by atoms with van der Waals surface area (Å²) in [6.45, 7) is 9.67. The van der Waals surface area contributed by atoms with E-state index in [1.165, 1.54) is 0 Å². The molecule has 0 aliphatic carbocycles. The molecule has 0 heterocycles. The molecule has 3 heteroatoms. The van der Waals surface area contributed by atoms with Crippen molar-refractivity contribution in [3.05, 3.63) is 13.2 Å². The van der Waals surface area contributed by atoms with Gasteiger partial charge in [-0.2, -0.15) is 0 Å². The summed E-state index contributed by atoms with van der Waals surface area (Å²) in [5, 5.41) is 6.08. The zero-order chi connectivity index (χ0) is 9.66. The minimum Gasteiger partial charge on any atom is -0.380 e. The summed E-state index contributed by atoms with van der Waals surface area (Å²) in [4.78, 5) is 0. The summed E-state index contributed by atoms with van der Waals surface area (Å²) in [6, 6.07) is 0. The van der Waals surface area contributed by atoms with E-state index < -0.39 is 0 Å². The second kappa shape index (κ2) is 16.9. The van der Waals surface area contributed by atoms with Gasteiger partial charge in [0.15, 0.2) is 0 Å². The van der Waals surface area contributed by atoms with Gasteiger partial charge in [0, 0.05) is 13.2 Å². The van der Waals surface area contributed by atoms with Crippen molar-refractivity contribution < 1.29 is 4.74 Å². The fraction of sp³-hybridized carbons (Fsp3) is 0.778. The first-order chi connectivity index (χ1) is 5.91. The molecule has 0 aliphatic rings. The molecule has 74 valence electrons. The van der Waals surface area contributed by atoms with Crippen LogP contribution in [0.3, 0.4) is 0 Å². The topological polar surface area (TPSA) is 33.3 Å². The zero-order valence-corrected chi connectivity index (χ0v) is 8.36. The van der Waals surface area contributed by atoms with Crippen molar-refractivity contribution in [1.82, 2.24) is 10.6 Å². The Bertz CT molecular complexity index is 61.5. The van der Waals surface area contributed by atoms with Crippen LogP contribution in [0.4, 0.5) is 0 Å². The average molecular weight is 174 g/mol. The van der Waals surface area contributed by atoms with Crippen LogP contribution in [0, 0.1) is 0 Å². The lowest BCUT2D eigenvalue weighted by Crippen LogP contribution is -2.16. The Morgan fingerprint density at radius 1 is 1.00 bits per heavy atom. The molecule has 0 aromatic carbocycles. The van der Waals surface area contributed by atoms with E-state index >= 15 is 0 Å². The van der Waals surface area contributed by atoms with Crippen molar-refractivity contribution in [1.29, 1.82) is 0 Å². The van der Waals surface area contributed by atoms with E-state index in [0.717, 1.165) is 32.7 Å². The highest BCUT2D eigenvalue weighted by Gasteiger charge is 1.85. The molecule has 0 aliphatic heterocycles. The van der Waals surface area contributed by atoms with Crippen molar-refractivity contribution in [2.24, 2.45) is 0 Å². The Hall–Kier alpha value is -0.380. The van der Waals surface area contributed by atoms with Gasteiger partial charge in [-0.1, -0.05) is 0 Å². The molecule has 0 aromatic rings. The van der Waals surface area contributed by atoms with E-state index in [9.17, 15) is 0 Å². The lowest BCUT2D eigenvalue weighted by Gasteiger charge is -2.02. The molecule has 2 N–H and O–H groups in total. The number of rotatable bonds is 7. The standard InChI is InChI=1S/C7H18N2O.C2H4/c1-8-4-3-6-10-7-5-9-2;1-2/h8-9H,3-7H2,1-2H3;1-2H2. The second-order valence-corrected chi connectivity index (χ2v) is 2.17. The molecular weight excluding hydrogens is 152 g/mol. The fourth-order valence-corrected chi connectivity index (χ4v) is 0.627. The lowest BCUT2D eigenvalue weighted by atomic mass is 10.4. The predicted octanol–water partition coefficient (Wildman–Crippen LogP) is 0.634. The third-order valence-corrected chi connectivity index (χ3v) is 1.21. The van der Waals surface area contributed by atoms with Gasteiger partial charge in [0.05, 0.1) is 6.61 Å². The molecule has 0 radical (unpaired) electrons.